The molecule has 0 aromatic rings. The zero-order chi connectivity index (χ0) is 13.9. The Morgan fingerprint density at radius 3 is 1.10 bits per heavy atom. The SMILES string of the molecule is C1=C\CCN2CCCCCCN(CC/1)CCCCCC2. The molecule has 0 spiro atoms. The van der Waals surface area contributed by atoms with E-state index in [4.69, 9.17) is 0 Å². The van der Waals surface area contributed by atoms with Crippen molar-refractivity contribution in [2.24, 2.45) is 0 Å². The summed E-state index contributed by atoms with van der Waals surface area (Å²) in [5.74, 6) is 0. The molecule has 1 fully saturated rings. The summed E-state index contributed by atoms with van der Waals surface area (Å²) in [6.45, 7) is 7.88. The Hall–Kier alpha value is -0.340. The standard InChI is InChI=1S/C18H34N2/c1-2-8-14-20-17-11-5-3-9-15-19(13-7-1)16-10-4-6-12-18-20/h1-2H,3-18H2/b2-1-. The molecule has 2 bridgehead atoms. The van der Waals surface area contributed by atoms with E-state index in [1.807, 2.05) is 0 Å². The Labute approximate surface area is 126 Å². The molecule has 20 heavy (non-hydrogen) atoms. The third-order valence-corrected chi connectivity index (χ3v) is 4.79. The number of fused-ring (bicyclic) bond motifs is 14. The lowest BCUT2D eigenvalue weighted by Gasteiger charge is -2.25. The molecule has 0 radical (unpaired) electrons. The molecule has 0 aromatic carbocycles. The number of hydrogen-bond donors (Lipinski definition) is 0. The second-order valence-electron chi connectivity index (χ2n) is 6.56. The zero-order valence-electron chi connectivity index (χ0n) is 13.4. The average Bonchev–Trinajstić information content (AvgIpc) is 2.47. The second kappa shape index (κ2) is 10.4. The Balaban J connectivity index is 1.94. The highest BCUT2D eigenvalue weighted by molar-refractivity contribution is 4.84. The first-order chi connectivity index (χ1) is 9.95. The third-order valence-electron chi connectivity index (χ3n) is 4.79. The van der Waals surface area contributed by atoms with Crippen molar-refractivity contribution in [1.82, 2.24) is 9.80 Å². The van der Waals surface area contributed by atoms with E-state index >= 15 is 0 Å². The summed E-state index contributed by atoms with van der Waals surface area (Å²) in [6.07, 6.45) is 18.7. The van der Waals surface area contributed by atoms with Crippen LogP contribution in [0.2, 0.25) is 0 Å². The summed E-state index contributed by atoms with van der Waals surface area (Å²) in [6, 6.07) is 0. The van der Waals surface area contributed by atoms with Crippen molar-refractivity contribution in [2.75, 3.05) is 39.3 Å². The summed E-state index contributed by atoms with van der Waals surface area (Å²) in [5, 5.41) is 0. The van der Waals surface area contributed by atoms with Gasteiger partial charge in [-0.2, -0.15) is 0 Å². The van der Waals surface area contributed by atoms with Crippen molar-refractivity contribution in [1.29, 1.82) is 0 Å². The van der Waals surface area contributed by atoms with Gasteiger partial charge in [-0.05, 0) is 64.7 Å². The predicted molar refractivity (Wildman–Crippen MR) is 88.2 cm³/mol. The van der Waals surface area contributed by atoms with Crippen LogP contribution in [0.5, 0.6) is 0 Å². The molecule has 0 saturated carbocycles. The van der Waals surface area contributed by atoms with Crippen LogP contribution in [0.1, 0.15) is 64.2 Å². The smallest absolute Gasteiger partial charge is 0.00159 e. The number of rotatable bonds is 0. The molecule has 3 aliphatic rings. The van der Waals surface area contributed by atoms with Crippen LogP contribution in [-0.2, 0) is 0 Å². The van der Waals surface area contributed by atoms with Crippen molar-refractivity contribution in [3.05, 3.63) is 12.2 Å². The summed E-state index contributed by atoms with van der Waals surface area (Å²) in [4.78, 5) is 5.43. The minimum Gasteiger partial charge on any atom is -0.303 e. The van der Waals surface area contributed by atoms with Crippen molar-refractivity contribution < 1.29 is 0 Å². The van der Waals surface area contributed by atoms with Crippen LogP contribution < -0.4 is 0 Å². The number of hydrogen-bond acceptors (Lipinski definition) is 2. The van der Waals surface area contributed by atoms with Gasteiger partial charge in [-0.15, -0.1) is 0 Å². The van der Waals surface area contributed by atoms with Gasteiger partial charge in [-0.1, -0.05) is 37.8 Å². The summed E-state index contributed by atoms with van der Waals surface area (Å²) >= 11 is 0. The normalized spacial score (nSPS) is 33.2. The Morgan fingerprint density at radius 1 is 0.400 bits per heavy atom. The van der Waals surface area contributed by atoms with Crippen LogP contribution in [0.3, 0.4) is 0 Å². The number of nitrogens with zero attached hydrogens (tertiary/aromatic N) is 2. The molecule has 2 nitrogen and oxygen atoms in total. The van der Waals surface area contributed by atoms with Gasteiger partial charge in [0, 0.05) is 13.1 Å². The van der Waals surface area contributed by atoms with Crippen LogP contribution in [0.15, 0.2) is 12.2 Å². The van der Waals surface area contributed by atoms with Gasteiger partial charge in [0.05, 0.1) is 0 Å². The fourth-order valence-corrected chi connectivity index (χ4v) is 3.47. The van der Waals surface area contributed by atoms with Crippen LogP contribution in [0, 0.1) is 0 Å². The lowest BCUT2D eigenvalue weighted by atomic mass is 10.1. The van der Waals surface area contributed by atoms with Crippen molar-refractivity contribution in [3.63, 3.8) is 0 Å². The molecule has 0 atom stereocenters. The molecule has 0 unspecified atom stereocenters. The van der Waals surface area contributed by atoms with Crippen molar-refractivity contribution in [2.45, 2.75) is 64.2 Å². The van der Waals surface area contributed by atoms with E-state index in [1.54, 1.807) is 0 Å². The molecular weight excluding hydrogens is 244 g/mol. The van der Waals surface area contributed by atoms with Gasteiger partial charge in [-0.3, -0.25) is 0 Å². The van der Waals surface area contributed by atoms with Crippen LogP contribution in [0.4, 0.5) is 0 Å². The Kier molecular flexibility index (Phi) is 8.34. The first-order valence-electron chi connectivity index (χ1n) is 9.05. The topological polar surface area (TPSA) is 6.48 Å². The summed E-state index contributed by atoms with van der Waals surface area (Å²) < 4.78 is 0. The fraction of sp³-hybridized carbons (Fsp3) is 0.889. The molecule has 0 N–H and O–H groups in total. The van der Waals surface area contributed by atoms with Gasteiger partial charge in [0.15, 0.2) is 0 Å². The first-order valence-corrected chi connectivity index (χ1v) is 9.05. The molecule has 0 aromatic heterocycles. The van der Waals surface area contributed by atoms with E-state index in [0.29, 0.717) is 0 Å². The molecule has 0 amide bonds. The van der Waals surface area contributed by atoms with E-state index in [2.05, 4.69) is 22.0 Å². The molecule has 1 saturated heterocycles. The van der Waals surface area contributed by atoms with Gasteiger partial charge >= 0.3 is 0 Å². The maximum absolute atomic E-state index is 2.72. The molecule has 3 rings (SSSR count). The van der Waals surface area contributed by atoms with Crippen molar-refractivity contribution >= 4 is 0 Å². The molecule has 116 valence electrons. The quantitative estimate of drug-likeness (QED) is 0.616. The Morgan fingerprint density at radius 2 is 0.750 bits per heavy atom. The lowest BCUT2D eigenvalue weighted by Crippen LogP contribution is -2.29. The highest BCUT2D eigenvalue weighted by Crippen LogP contribution is 2.11. The predicted octanol–water partition coefficient (Wildman–Crippen LogP) is 4.07. The zero-order valence-corrected chi connectivity index (χ0v) is 13.4. The minimum atomic E-state index is 1.25. The van der Waals surface area contributed by atoms with Crippen molar-refractivity contribution in [3.8, 4) is 0 Å². The largest absolute Gasteiger partial charge is 0.303 e. The average molecular weight is 278 g/mol. The highest BCUT2D eigenvalue weighted by Gasteiger charge is 2.08. The Bertz CT molecular complexity index is 220. The van der Waals surface area contributed by atoms with Gasteiger partial charge in [-0.25, -0.2) is 0 Å². The van der Waals surface area contributed by atoms with Gasteiger partial charge in [0.1, 0.15) is 0 Å². The van der Waals surface area contributed by atoms with E-state index < -0.39 is 0 Å². The van der Waals surface area contributed by atoms with E-state index in [1.165, 1.54) is 103 Å². The van der Waals surface area contributed by atoms with Gasteiger partial charge in [0.2, 0.25) is 0 Å². The lowest BCUT2D eigenvalue weighted by molar-refractivity contribution is 0.242. The van der Waals surface area contributed by atoms with E-state index in [9.17, 15) is 0 Å². The minimum absolute atomic E-state index is 1.25. The van der Waals surface area contributed by atoms with Crippen LogP contribution >= 0.6 is 0 Å². The molecular formula is C18H34N2. The van der Waals surface area contributed by atoms with E-state index in [-0.39, 0.29) is 0 Å². The molecule has 3 heterocycles. The first kappa shape index (κ1) is 16.0. The fourth-order valence-electron chi connectivity index (χ4n) is 3.47. The highest BCUT2D eigenvalue weighted by atomic mass is 15.1. The summed E-state index contributed by atoms with van der Waals surface area (Å²) in [7, 11) is 0. The molecule has 0 aliphatic carbocycles. The maximum atomic E-state index is 2.72. The maximum Gasteiger partial charge on any atom is 0.00159 e. The third kappa shape index (κ3) is 6.90. The second-order valence-corrected chi connectivity index (χ2v) is 6.56. The van der Waals surface area contributed by atoms with Gasteiger partial charge < -0.3 is 9.80 Å². The van der Waals surface area contributed by atoms with Crippen LogP contribution in [0.25, 0.3) is 0 Å². The van der Waals surface area contributed by atoms with Crippen LogP contribution in [-0.4, -0.2) is 49.1 Å². The monoisotopic (exact) mass is 278 g/mol. The van der Waals surface area contributed by atoms with E-state index in [0.717, 1.165) is 0 Å². The molecule has 2 heteroatoms. The van der Waals surface area contributed by atoms with Gasteiger partial charge in [0.25, 0.3) is 0 Å². The summed E-state index contributed by atoms with van der Waals surface area (Å²) in [5.41, 5.74) is 0. The molecule has 3 aliphatic heterocycles.